The smallest absolute Gasteiger partial charge is 0.279 e. The van der Waals surface area contributed by atoms with E-state index in [-0.39, 0.29) is 6.54 Å². The van der Waals surface area contributed by atoms with Gasteiger partial charge in [0.1, 0.15) is 5.01 Å². The molecule has 1 rings (SSSR count). The second kappa shape index (κ2) is 7.15. The molecular formula is C10H20N4O2S2. The van der Waals surface area contributed by atoms with Crippen LogP contribution in [0.25, 0.3) is 0 Å². The molecule has 1 heterocycles. The summed E-state index contributed by atoms with van der Waals surface area (Å²) in [6.45, 7) is 3.48. The Balaban J connectivity index is 2.43. The predicted molar refractivity (Wildman–Crippen MR) is 73.8 cm³/mol. The van der Waals surface area contributed by atoms with E-state index in [1.54, 1.807) is 13.2 Å². The third-order valence-electron chi connectivity index (χ3n) is 2.39. The van der Waals surface area contributed by atoms with Crippen LogP contribution in [-0.4, -0.2) is 44.9 Å². The molecule has 104 valence electrons. The number of aromatic nitrogens is 1. The van der Waals surface area contributed by atoms with Gasteiger partial charge in [0.25, 0.3) is 10.2 Å². The molecule has 0 bridgehead atoms. The summed E-state index contributed by atoms with van der Waals surface area (Å²) in [7, 11) is 0.0118. The molecular weight excluding hydrogens is 272 g/mol. The zero-order valence-corrected chi connectivity index (χ0v) is 12.6. The fourth-order valence-corrected chi connectivity index (χ4v) is 3.07. The van der Waals surface area contributed by atoms with Crippen molar-refractivity contribution in [3.8, 4) is 0 Å². The van der Waals surface area contributed by atoms with Gasteiger partial charge in [0.2, 0.25) is 0 Å². The Morgan fingerprint density at radius 3 is 2.78 bits per heavy atom. The summed E-state index contributed by atoms with van der Waals surface area (Å²) in [6.07, 6.45) is 2.52. The first-order valence-electron chi connectivity index (χ1n) is 5.72. The Bertz CT molecular complexity index is 458. The molecule has 0 fully saturated rings. The fourth-order valence-electron chi connectivity index (χ4n) is 1.34. The normalized spacial score (nSPS) is 12.2. The molecule has 0 aliphatic rings. The molecule has 8 heteroatoms. The molecule has 18 heavy (non-hydrogen) atoms. The number of hydrogen-bond donors (Lipinski definition) is 2. The second-order valence-corrected chi connectivity index (χ2v) is 7.15. The van der Waals surface area contributed by atoms with Crippen molar-refractivity contribution in [1.82, 2.24) is 19.3 Å². The van der Waals surface area contributed by atoms with Gasteiger partial charge in [0, 0.05) is 24.7 Å². The van der Waals surface area contributed by atoms with Crippen LogP contribution in [0.5, 0.6) is 0 Å². The summed E-state index contributed by atoms with van der Waals surface area (Å²) in [4.78, 5) is 5.19. The SMILES string of the molecule is CNCCCN(C)S(=O)(=O)NCc1ncc(C)s1. The highest BCUT2D eigenvalue weighted by Gasteiger charge is 2.16. The average molecular weight is 292 g/mol. The molecule has 0 amide bonds. The lowest BCUT2D eigenvalue weighted by Crippen LogP contribution is -2.38. The van der Waals surface area contributed by atoms with E-state index in [9.17, 15) is 8.42 Å². The molecule has 0 saturated heterocycles. The Hall–Kier alpha value is -0.540. The van der Waals surface area contributed by atoms with Gasteiger partial charge in [0.15, 0.2) is 0 Å². The maximum absolute atomic E-state index is 11.9. The number of hydrogen-bond acceptors (Lipinski definition) is 5. The minimum Gasteiger partial charge on any atom is -0.320 e. The third-order valence-corrected chi connectivity index (χ3v) is 4.81. The van der Waals surface area contributed by atoms with E-state index in [2.05, 4.69) is 15.0 Å². The minimum atomic E-state index is -3.41. The van der Waals surface area contributed by atoms with Crippen LogP contribution >= 0.6 is 11.3 Å². The first-order chi connectivity index (χ1) is 8.45. The molecule has 2 N–H and O–H groups in total. The van der Waals surface area contributed by atoms with E-state index in [4.69, 9.17) is 0 Å². The Morgan fingerprint density at radius 2 is 2.22 bits per heavy atom. The highest BCUT2D eigenvalue weighted by molar-refractivity contribution is 7.87. The minimum absolute atomic E-state index is 0.247. The van der Waals surface area contributed by atoms with Crippen LogP contribution in [-0.2, 0) is 16.8 Å². The van der Waals surface area contributed by atoms with Gasteiger partial charge in [-0.15, -0.1) is 11.3 Å². The molecule has 0 aromatic carbocycles. The molecule has 0 spiro atoms. The monoisotopic (exact) mass is 292 g/mol. The van der Waals surface area contributed by atoms with Crippen molar-refractivity contribution >= 4 is 21.5 Å². The van der Waals surface area contributed by atoms with Gasteiger partial charge in [-0.2, -0.15) is 17.4 Å². The van der Waals surface area contributed by atoms with E-state index < -0.39 is 10.2 Å². The number of aryl methyl sites for hydroxylation is 1. The molecule has 6 nitrogen and oxygen atoms in total. The fraction of sp³-hybridized carbons (Fsp3) is 0.700. The molecule has 1 aromatic rings. The Kier molecular flexibility index (Phi) is 6.16. The van der Waals surface area contributed by atoms with Crippen molar-refractivity contribution in [3.63, 3.8) is 0 Å². The number of nitrogens with one attached hydrogen (secondary N) is 2. The lowest BCUT2D eigenvalue weighted by atomic mass is 10.4. The summed E-state index contributed by atoms with van der Waals surface area (Å²) in [5.74, 6) is 0. The Morgan fingerprint density at radius 1 is 1.50 bits per heavy atom. The summed E-state index contributed by atoms with van der Waals surface area (Å²) >= 11 is 1.50. The molecule has 0 atom stereocenters. The van der Waals surface area contributed by atoms with Crippen LogP contribution in [0.15, 0.2) is 6.20 Å². The van der Waals surface area contributed by atoms with Gasteiger partial charge in [-0.25, -0.2) is 4.98 Å². The molecule has 0 unspecified atom stereocenters. The zero-order valence-electron chi connectivity index (χ0n) is 10.9. The standard InChI is InChI=1S/C10H20N4O2S2/c1-9-7-12-10(17-9)8-13-18(15,16)14(3)6-4-5-11-2/h7,11,13H,4-6,8H2,1-3H3. The Labute approximate surface area is 113 Å². The van der Waals surface area contributed by atoms with Crippen molar-refractivity contribution in [2.24, 2.45) is 0 Å². The van der Waals surface area contributed by atoms with Crippen LogP contribution < -0.4 is 10.0 Å². The highest BCUT2D eigenvalue weighted by atomic mass is 32.2. The van der Waals surface area contributed by atoms with Crippen LogP contribution in [0.3, 0.4) is 0 Å². The van der Waals surface area contributed by atoms with Crippen molar-refractivity contribution < 1.29 is 8.42 Å². The van der Waals surface area contributed by atoms with Crippen LogP contribution in [0.1, 0.15) is 16.3 Å². The number of thiazole rings is 1. The van der Waals surface area contributed by atoms with Crippen LogP contribution in [0, 0.1) is 6.92 Å². The summed E-state index contributed by atoms with van der Waals surface area (Å²) in [5.41, 5.74) is 0. The van der Waals surface area contributed by atoms with Crippen molar-refractivity contribution in [2.45, 2.75) is 19.9 Å². The number of nitrogens with zero attached hydrogens (tertiary/aromatic N) is 2. The molecule has 0 radical (unpaired) electrons. The lowest BCUT2D eigenvalue weighted by molar-refractivity contribution is 0.447. The quantitative estimate of drug-likeness (QED) is 0.677. The summed E-state index contributed by atoms with van der Waals surface area (Å²) in [6, 6.07) is 0. The van der Waals surface area contributed by atoms with Gasteiger partial charge in [-0.3, -0.25) is 0 Å². The van der Waals surface area contributed by atoms with Crippen molar-refractivity contribution in [1.29, 1.82) is 0 Å². The van der Waals surface area contributed by atoms with Gasteiger partial charge >= 0.3 is 0 Å². The van der Waals surface area contributed by atoms with Crippen LogP contribution in [0.4, 0.5) is 0 Å². The molecule has 0 aliphatic carbocycles. The third kappa shape index (κ3) is 4.99. The maximum Gasteiger partial charge on any atom is 0.279 e. The summed E-state index contributed by atoms with van der Waals surface area (Å²) < 4.78 is 27.6. The van der Waals surface area contributed by atoms with E-state index in [0.29, 0.717) is 6.54 Å². The second-order valence-electron chi connectivity index (χ2n) is 3.97. The largest absolute Gasteiger partial charge is 0.320 e. The molecule has 0 saturated carbocycles. The van der Waals surface area contributed by atoms with E-state index in [1.807, 2.05) is 14.0 Å². The van der Waals surface area contributed by atoms with Crippen LogP contribution in [0.2, 0.25) is 0 Å². The first-order valence-corrected chi connectivity index (χ1v) is 7.98. The van der Waals surface area contributed by atoms with Gasteiger partial charge in [-0.05, 0) is 26.9 Å². The van der Waals surface area contributed by atoms with Crippen molar-refractivity contribution in [2.75, 3.05) is 27.2 Å². The lowest BCUT2D eigenvalue weighted by Gasteiger charge is -2.17. The average Bonchev–Trinajstić information content (AvgIpc) is 2.73. The topological polar surface area (TPSA) is 74.3 Å². The van der Waals surface area contributed by atoms with Gasteiger partial charge in [0.05, 0.1) is 6.54 Å². The first kappa shape index (κ1) is 15.5. The molecule has 0 aliphatic heterocycles. The van der Waals surface area contributed by atoms with Gasteiger partial charge in [-0.1, -0.05) is 0 Å². The predicted octanol–water partition coefficient (Wildman–Crippen LogP) is 0.327. The van der Waals surface area contributed by atoms with E-state index >= 15 is 0 Å². The van der Waals surface area contributed by atoms with E-state index in [0.717, 1.165) is 22.9 Å². The van der Waals surface area contributed by atoms with E-state index in [1.165, 1.54) is 15.6 Å². The summed E-state index contributed by atoms with van der Waals surface area (Å²) in [5, 5.41) is 3.76. The zero-order chi connectivity index (χ0) is 13.6. The maximum atomic E-state index is 11.9. The number of rotatable bonds is 8. The highest BCUT2D eigenvalue weighted by Crippen LogP contribution is 2.11. The molecule has 1 aromatic heterocycles. The van der Waals surface area contributed by atoms with Crippen molar-refractivity contribution in [3.05, 3.63) is 16.1 Å². The van der Waals surface area contributed by atoms with Gasteiger partial charge < -0.3 is 5.32 Å².